The molecule has 0 spiro atoms. The third-order valence-corrected chi connectivity index (χ3v) is 6.26. The van der Waals surface area contributed by atoms with E-state index < -0.39 is 0 Å². The third-order valence-electron chi connectivity index (χ3n) is 6.26. The standard InChI is InChI=1S/C25H29N5O/c1-28(2)16-18-11-13-29(14-12-18)23-6-4-5-19-7-10-24(27-25(19)23)30-17-26-21-15-20(31-3)8-9-22(21)30/h4-10,15,17-18H,11-14,16H2,1-3H3. The van der Waals surface area contributed by atoms with Gasteiger partial charge in [0.25, 0.3) is 0 Å². The van der Waals surface area contributed by atoms with Crippen LogP contribution in [-0.4, -0.2) is 60.3 Å². The Morgan fingerprint density at radius 1 is 1.06 bits per heavy atom. The maximum absolute atomic E-state index is 5.33. The van der Waals surface area contributed by atoms with Gasteiger partial charge in [0.1, 0.15) is 17.9 Å². The van der Waals surface area contributed by atoms with Crippen molar-refractivity contribution in [3.8, 4) is 11.6 Å². The van der Waals surface area contributed by atoms with Crippen LogP contribution in [0.25, 0.3) is 27.8 Å². The van der Waals surface area contributed by atoms with Crippen molar-refractivity contribution in [2.24, 2.45) is 5.92 Å². The number of imidazole rings is 1. The lowest BCUT2D eigenvalue weighted by Crippen LogP contribution is -2.37. The third kappa shape index (κ3) is 3.83. The van der Waals surface area contributed by atoms with Crippen LogP contribution < -0.4 is 9.64 Å². The molecular weight excluding hydrogens is 386 g/mol. The molecule has 1 aliphatic heterocycles. The Hall–Kier alpha value is -3.12. The number of ether oxygens (including phenoxy) is 1. The van der Waals surface area contributed by atoms with Gasteiger partial charge < -0.3 is 14.5 Å². The number of methoxy groups -OCH3 is 1. The molecule has 1 saturated heterocycles. The molecule has 0 aliphatic carbocycles. The smallest absolute Gasteiger partial charge is 0.139 e. The van der Waals surface area contributed by atoms with Crippen molar-refractivity contribution < 1.29 is 4.74 Å². The van der Waals surface area contributed by atoms with Gasteiger partial charge in [0.2, 0.25) is 0 Å². The Kier molecular flexibility index (Phi) is 5.24. The average molecular weight is 416 g/mol. The first-order chi connectivity index (χ1) is 15.1. The first-order valence-electron chi connectivity index (χ1n) is 10.9. The summed E-state index contributed by atoms with van der Waals surface area (Å²) in [6.45, 7) is 3.33. The van der Waals surface area contributed by atoms with Crippen molar-refractivity contribution in [3.05, 3.63) is 54.9 Å². The maximum atomic E-state index is 5.33. The predicted molar refractivity (Wildman–Crippen MR) is 126 cm³/mol. The summed E-state index contributed by atoms with van der Waals surface area (Å²) in [5.74, 6) is 2.47. The maximum Gasteiger partial charge on any atom is 0.139 e. The van der Waals surface area contributed by atoms with E-state index in [4.69, 9.17) is 9.72 Å². The van der Waals surface area contributed by atoms with Gasteiger partial charge in [-0.05, 0) is 63.2 Å². The zero-order valence-corrected chi connectivity index (χ0v) is 18.5. The Morgan fingerprint density at radius 2 is 1.90 bits per heavy atom. The van der Waals surface area contributed by atoms with Crippen LogP contribution in [0.1, 0.15) is 12.8 Å². The molecular formula is C25H29N5O. The van der Waals surface area contributed by atoms with Crippen molar-refractivity contribution in [2.75, 3.05) is 45.7 Å². The Labute approximate surface area is 183 Å². The summed E-state index contributed by atoms with van der Waals surface area (Å²) in [6.07, 6.45) is 4.29. The molecule has 160 valence electrons. The van der Waals surface area contributed by atoms with E-state index >= 15 is 0 Å². The molecule has 1 aliphatic rings. The van der Waals surface area contributed by atoms with Crippen molar-refractivity contribution in [2.45, 2.75) is 12.8 Å². The number of hydrogen-bond acceptors (Lipinski definition) is 5. The minimum atomic E-state index is 0.777. The fraction of sp³-hybridized carbons (Fsp3) is 0.360. The molecule has 0 amide bonds. The molecule has 6 heteroatoms. The van der Waals surface area contributed by atoms with Crippen LogP contribution in [0.15, 0.2) is 54.9 Å². The highest BCUT2D eigenvalue weighted by atomic mass is 16.5. The van der Waals surface area contributed by atoms with Gasteiger partial charge >= 0.3 is 0 Å². The number of rotatable bonds is 5. The van der Waals surface area contributed by atoms with E-state index in [1.807, 2.05) is 29.1 Å². The van der Waals surface area contributed by atoms with Crippen molar-refractivity contribution in [1.82, 2.24) is 19.4 Å². The number of nitrogens with zero attached hydrogens (tertiary/aromatic N) is 5. The number of aromatic nitrogens is 3. The highest BCUT2D eigenvalue weighted by Gasteiger charge is 2.21. The van der Waals surface area contributed by atoms with E-state index in [0.717, 1.165) is 47.1 Å². The van der Waals surface area contributed by atoms with Gasteiger partial charge in [0.05, 0.1) is 29.3 Å². The molecule has 5 rings (SSSR count). The van der Waals surface area contributed by atoms with Gasteiger partial charge in [0, 0.05) is 31.1 Å². The van der Waals surface area contributed by atoms with Crippen LogP contribution >= 0.6 is 0 Å². The lowest BCUT2D eigenvalue weighted by Gasteiger charge is -2.35. The van der Waals surface area contributed by atoms with Crippen LogP contribution in [0.3, 0.4) is 0 Å². The molecule has 0 unspecified atom stereocenters. The van der Waals surface area contributed by atoms with E-state index in [1.54, 1.807) is 7.11 Å². The Balaban J connectivity index is 1.49. The fourth-order valence-electron chi connectivity index (χ4n) is 4.69. The number of para-hydroxylation sites is 1. The summed E-state index contributed by atoms with van der Waals surface area (Å²) in [5, 5.41) is 1.17. The van der Waals surface area contributed by atoms with E-state index in [1.165, 1.54) is 30.5 Å². The highest BCUT2D eigenvalue weighted by molar-refractivity contribution is 5.92. The topological polar surface area (TPSA) is 46.4 Å². The second kappa shape index (κ2) is 8.19. The number of fused-ring (bicyclic) bond motifs is 2. The lowest BCUT2D eigenvalue weighted by molar-refractivity contribution is 0.285. The van der Waals surface area contributed by atoms with Gasteiger partial charge in [-0.2, -0.15) is 0 Å². The number of pyridine rings is 1. The average Bonchev–Trinajstić information content (AvgIpc) is 3.21. The van der Waals surface area contributed by atoms with Gasteiger partial charge in [-0.1, -0.05) is 12.1 Å². The number of benzene rings is 2. The number of anilines is 1. The summed E-state index contributed by atoms with van der Waals surface area (Å²) >= 11 is 0. The molecule has 0 radical (unpaired) electrons. The van der Waals surface area contributed by atoms with Gasteiger partial charge in [-0.15, -0.1) is 0 Å². The number of hydrogen-bond donors (Lipinski definition) is 0. The van der Waals surface area contributed by atoms with Crippen molar-refractivity contribution in [3.63, 3.8) is 0 Å². The van der Waals surface area contributed by atoms with Gasteiger partial charge in [-0.25, -0.2) is 9.97 Å². The molecule has 1 fully saturated rings. The quantitative estimate of drug-likeness (QED) is 0.485. The molecule has 3 heterocycles. The highest BCUT2D eigenvalue weighted by Crippen LogP contribution is 2.31. The van der Waals surface area contributed by atoms with Gasteiger partial charge in [0.15, 0.2) is 0 Å². The summed E-state index contributed by atoms with van der Waals surface area (Å²) in [6, 6.07) is 16.7. The molecule has 0 atom stereocenters. The van der Waals surface area contributed by atoms with E-state index in [2.05, 4.69) is 59.2 Å². The van der Waals surface area contributed by atoms with Crippen molar-refractivity contribution >= 4 is 27.6 Å². The molecule has 6 nitrogen and oxygen atoms in total. The zero-order chi connectivity index (χ0) is 21.4. The molecule has 2 aromatic carbocycles. The lowest BCUT2D eigenvalue weighted by atomic mass is 9.96. The van der Waals surface area contributed by atoms with E-state index in [0.29, 0.717) is 0 Å². The first kappa shape index (κ1) is 19.8. The molecule has 0 bridgehead atoms. The SMILES string of the molecule is COc1ccc2c(c1)ncn2-c1ccc2cccc(N3CCC(CN(C)C)CC3)c2n1. The van der Waals surface area contributed by atoms with Crippen LogP contribution in [0.5, 0.6) is 5.75 Å². The Morgan fingerprint density at radius 3 is 2.68 bits per heavy atom. The van der Waals surface area contributed by atoms with E-state index in [-0.39, 0.29) is 0 Å². The first-order valence-corrected chi connectivity index (χ1v) is 10.9. The Bertz CT molecular complexity index is 1210. The second-order valence-electron chi connectivity index (χ2n) is 8.68. The summed E-state index contributed by atoms with van der Waals surface area (Å²) in [7, 11) is 6.00. The molecule has 0 saturated carbocycles. The molecule has 31 heavy (non-hydrogen) atoms. The summed E-state index contributed by atoms with van der Waals surface area (Å²) < 4.78 is 7.38. The van der Waals surface area contributed by atoms with Crippen LogP contribution in [0, 0.1) is 5.92 Å². The minimum absolute atomic E-state index is 0.777. The summed E-state index contributed by atoms with van der Waals surface area (Å²) in [4.78, 5) is 14.5. The summed E-state index contributed by atoms with van der Waals surface area (Å²) in [5.41, 5.74) is 4.21. The zero-order valence-electron chi connectivity index (χ0n) is 18.5. The largest absolute Gasteiger partial charge is 0.497 e. The second-order valence-corrected chi connectivity index (χ2v) is 8.68. The number of piperidine rings is 1. The normalized spacial score (nSPS) is 15.3. The molecule has 4 aromatic rings. The van der Waals surface area contributed by atoms with E-state index in [9.17, 15) is 0 Å². The molecule has 0 N–H and O–H groups in total. The predicted octanol–water partition coefficient (Wildman–Crippen LogP) is 4.36. The minimum Gasteiger partial charge on any atom is -0.497 e. The monoisotopic (exact) mass is 415 g/mol. The van der Waals surface area contributed by atoms with Gasteiger partial charge in [-0.3, -0.25) is 4.57 Å². The van der Waals surface area contributed by atoms with Crippen LogP contribution in [0.4, 0.5) is 5.69 Å². The fourth-order valence-corrected chi connectivity index (χ4v) is 4.69. The van der Waals surface area contributed by atoms with Crippen LogP contribution in [-0.2, 0) is 0 Å². The molecule has 2 aromatic heterocycles. The van der Waals surface area contributed by atoms with Crippen molar-refractivity contribution in [1.29, 1.82) is 0 Å². The van der Waals surface area contributed by atoms with Crippen LogP contribution in [0.2, 0.25) is 0 Å².